The van der Waals surface area contributed by atoms with Crippen LogP contribution in [0.3, 0.4) is 0 Å². The molecule has 1 aliphatic heterocycles. The molecule has 18 heavy (non-hydrogen) atoms. The number of nitrogens with one attached hydrogen (secondary N) is 1. The lowest BCUT2D eigenvalue weighted by molar-refractivity contribution is -0.128. The first kappa shape index (κ1) is 15.4. The van der Waals surface area contributed by atoms with Crippen LogP contribution in [-0.2, 0) is 9.53 Å². The highest BCUT2D eigenvalue weighted by atomic mass is 16.5. The minimum Gasteiger partial charge on any atom is -0.379 e. The van der Waals surface area contributed by atoms with Crippen molar-refractivity contribution in [3.05, 3.63) is 0 Å². The van der Waals surface area contributed by atoms with Crippen LogP contribution >= 0.6 is 0 Å². The first-order valence-corrected chi connectivity index (χ1v) is 6.93. The van der Waals surface area contributed by atoms with Gasteiger partial charge < -0.3 is 15.0 Å². The summed E-state index contributed by atoms with van der Waals surface area (Å²) in [5, 5.41) is 3.54. The summed E-state index contributed by atoms with van der Waals surface area (Å²) in [6.07, 6.45) is 2.69. The van der Waals surface area contributed by atoms with Crippen LogP contribution in [0.1, 0.15) is 47.0 Å². The Morgan fingerprint density at radius 1 is 1.39 bits per heavy atom. The maximum atomic E-state index is 11.5. The lowest BCUT2D eigenvalue weighted by atomic mass is 9.99. The van der Waals surface area contributed by atoms with E-state index in [4.69, 9.17) is 4.74 Å². The van der Waals surface area contributed by atoms with Crippen molar-refractivity contribution in [2.24, 2.45) is 0 Å². The molecule has 0 aromatic heterocycles. The van der Waals surface area contributed by atoms with E-state index in [0.717, 1.165) is 32.4 Å². The number of hydrogen-bond acceptors (Lipinski definition) is 3. The van der Waals surface area contributed by atoms with Crippen molar-refractivity contribution < 1.29 is 9.53 Å². The topological polar surface area (TPSA) is 41.6 Å². The van der Waals surface area contributed by atoms with E-state index in [1.165, 1.54) is 0 Å². The van der Waals surface area contributed by atoms with Crippen molar-refractivity contribution >= 4 is 5.91 Å². The number of carbonyl (C=O) groups excluding carboxylic acids is 1. The van der Waals surface area contributed by atoms with Crippen molar-refractivity contribution in [1.29, 1.82) is 0 Å². The van der Waals surface area contributed by atoms with Crippen molar-refractivity contribution in [2.75, 3.05) is 20.2 Å². The molecule has 106 valence electrons. The average molecular weight is 256 g/mol. The molecule has 1 saturated heterocycles. The van der Waals surface area contributed by atoms with Crippen LogP contribution < -0.4 is 5.32 Å². The molecule has 1 fully saturated rings. The number of ether oxygens (including phenoxy) is 1. The Bertz CT molecular complexity index is 279. The van der Waals surface area contributed by atoms with Gasteiger partial charge in [0.05, 0.1) is 5.60 Å². The predicted octanol–water partition coefficient (Wildman–Crippen LogP) is 1.79. The van der Waals surface area contributed by atoms with Gasteiger partial charge in [0.2, 0.25) is 5.91 Å². The Hall–Kier alpha value is -0.610. The van der Waals surface area contributed by atoms with Crippen molar-refractivity contribution in [3.63, 3.8) is 0 Å². The van der Waals surface area contributed by atoms with Crippen LogP contribution in [0.25, 0.3) is 0 Å². The summed E-state index contributed by atoms with van der Waals surface area (Å²) < 4.78 is 5.44. The van der Waals surface area contributed by atoms with Gasteiger partial charge in [-0.2, -0.15) is 0 Å². The van der Waals surface area contributed by atoms with E-state index in [9.17, 15) is 4.79 Å². The molecule has 2 atom stereocenters. The van der Waals surface area contributed by atoms with Gasteiger partial charge in [0.25, 0.3) is 0 Å². The van der Waals surface area contributed by atoms with Gasteiger partial charge in [0.1, 0.15) is 0 Å². The Balaban J connectivity index is 2.31. The maximum Gasteiger partial charge on any atom is 0.222 e. The van der Waals surface area contributed by atoms with Gasteiger partial charge in [-0.1, -0.05) is 0 Å². The maximum absolute atomic E-state index is 11.5. The van der Waals surface area contributed by atoms with Crippen LogP contribution in [0.4, 0.5) is 0 Å². The van der Waals surface area contributed by atoms with Gasteiger partial charge in [0.15, 0.2) is 0 Å². The molecule has 0 aromatic rings. The summed E-state index contributed by atoms with van der Waals surface area (Å²) >= 11 is 0. The highest BCUT2D eigenvalue weighted by Crippen LogP contribution is 2.16. The molecule has 0 bridgehead atoms. The van der Waals surface area contributed by atoms with Gasteiger partial charge >= 0.3 is 0 Å². The number of nitrogens with zero attached hydrogens (tertiary/aromatic N) is 1. The molecule has 1 amide bonds. The minimum absolute atomic E-state index is 0.102. The zero-order valence-corrected chi connectivity index (χ0v) is 12.5. The van der Waals surface area contributed by atoms with Crippen LogP contribution in [0.15, 0.2) is 0 Å². The molecule has 0 spiro atoms. The Kier molecular flexibility index (Phi) is 5.60. The summed E-state index contributed by atoms with van der Waals surface area (Å²) in [5.74, 6) is 0.300. The van der Waals surface area contributed by atoms with E-state index in [1.807, 2.05) is 4.90 Å². The van der Waals surface area contributed by atoms with Gasteiger partial charge in [-0.3, -0.25) is 4.79 Å². The SMILES string of the molecule is COC(C)(C)CC(C)NC(C)CN1CCCC1=O. The number of hydrogen-bond donors (Lipinski definition) is 1. The first-order chi connectivity index (χ1) is 8.34. The number of carbonyl (C=O) groups is 1. The zero-order valence-electron chi connectivity index (χ0n) is 12.5. The summed E-state index contributed by atoms with van der Waals surface area (Å²) in [5.41, 5.74) is -0.102. The molecule has 0 aromatic carbocycles. The van der Waals surface area contributed by atoms with E-state index in [0.29, 0.717) is 18.0 Å². The third-order valence-electron chi connectivity index (χ3n) is 3.59. The molecular formula is C14H28N2O2. The zero-order chi connectivity index (χ0) is 13.8. The quantitative estimate of drug-likeness (QED) is 0.755. The summed E-state index contributed by atoms with van der Waals surface area (Å²) in [6, 6.07) is 0.711. The summed E-state index contributed by atoms with van der Waals surface area (Å²) in [6.45, 7) is 10.2. The van der Waals surface area contributed by atoms with Crippen LogP contribution in [0.5, 0.6) is 0 Å². The molecule has 0 saturated carbocycles. The number of methoxy groups -OCH3 is 1. The second-order valence-electron chi connectivity index (χ2n) is 6.08. The van der Waals surface area contributed by atoms with E-state index in [-0.39, 0.29) is 5.60 Å². The van der Waals surface area contributed by atoms with Crippen molar-refractivity contribution in [2.45, 2.75) is 64.6 Å². The van der Waals surface area contributed by atoms with Crippen LogP contribution in [0.2, 0.25) is 0 Å². The van der Waals surface area contributed by atoms with Crippen molar-refractivity contribution in [3.8, 4) is 0 Å². The number of rotatable bonds is 7. The first-order valence-electron chi connectivity index (χ1n) is 6.93. The molecular weight excluding hydrogens is 228 g/mol. The lowest BCUT2D eigenvalue weighted by Crippen LogP contribution is -2.45. The Labute approximate surface area is 111 Å². The highest BCUT2D eigenvalue weighted by Gasteiger charge is 2.24. The van der Waals surface area contributed by atoms with E-state index < -0.39 is 0 Å². The Morgan fingerprint density at radius 2 is 2.06 bits per heavy atom. The minimum atomic E-state index is -0.102. The molecule has 4 nitrogen and oxygen atoms in total. The molecule has 1 heterocycles. The van der Waals surface area contributed by atoms with Crippen LogP contribution in [-0.4, -0.2) is 48.7 Å². The van der Waals surface area contributed by atoms with E-state index >= 15 is 0 Å². The molecule has 0 radical (unpaired) electrons. The lowest BCUT2D eigenvalue weighted by Gasteiger charge is -2.30. The predicted molar refractivity (Wildman–Crippen MR) is 73.6 cm³/mol. The highest BCUT2D eigenvalue weighted by molar-refractivity contribution is 5.78. The van der Waals surface area contributed by atoms with E-state index in [2.05, 4.69) is 33.0 Å². The monoisotopic (exact) mass is 256 g/mol. The van der Waals surface area contributed by atoms with Gasteiger partial charge in [0, 0.05) is 38.7 Å². The fraction of sp³-hybridized carbons (Fsp3) is 0.929. The normalized spacial score (nSPS) is 20.3. The van der Waals surface area contributed by atoms with Gasteiger partial charge in [-0.05, 0) is 40.5 Å². The average Bonchev–Trinajstić information content (AvgIpc) is 2.63. The molecule has 0 aliphatic carbocycles. The van der Waals surface area contributed by atoms with Crippen LogP contribution in [0, 0.1) is 0 Å². The molecule has 1 rings (SSSR count). The van der Waals surface area contributed by atoms with Gasteiger partial charge in [-0.15, -0.1) is 0 Å². The summed E-state index contributed by atoms with van der Waals surface area (Å²) in [7, 11) is 1.75. The van der Waals surface area contributed by atoms with Gasteiger partial charge in [-0.25, -0.2) is 0 Å². The standard InChI is InChI=1S/C14H28N2O2/c1-11(9-14(3,4)18-5)15-12(2)10-16-8-6-7-13(16)17/h11-12,15H,6-10H2,1-5H3. The number of amides is 1. The summed E-state index contributed by atoms with van der Waals surface area (Å²) in [4.78, 5) is 13.5. The molecule has 1 aliphatic rings. The largest absolute Gasteiger partial charge is 0.379 e. The smallest absolute Gasteiger partial charge is 0.222 e. The third kappa shape index (κ3) is 4.94. The number of likely N-dealkylation sites (tertiary alicyclic amines) is 1. The third-order valence-corrected chi connectivity index (χ3v) is 3.59. The second-order valence-corrected chi connectivity index (χ2v) is 6.08. The van der Waals surface area contributed by atoms with Crippen molar-refractivity contribution in [1.82, 2.24) is 10.2 Å². The fourth-order valence-corrected chi connectivity index (χ4v) is 2.65. The molecule has 1 N–H and O–H groups in total. The molecule has 2 unspecified atom stereocenters. The molecule has 4 heteroatoms. The second kappa shape index (κ2) is 6.53. The Morgan fingerprint density at radius 3 is 2.56 bits per heavy atom. The fourth-order valence-electron chi connectivity index (χ4n) is 2.65. The van der Waals surface area contributed by atoms with E-state index in [1.54, 1.807) is 7.11 Å².